The first-order valence-corrected chi connectivity index (χ1v) is 8.44. The average Bonchev–Trinajstić information content (AvgIpc) is 2.59. The molecule has 8 heteroatoms. The monoisotopic (exact) mass is 373 g/mol. The van der Waals surface area contributed by atoms with Crippen LogP contribution in [0.3, 0.4) is 0 Å². The van der Waals surface area contributed by atoms with E-state index in [0.717, 1.165) is 0 Å². The lowest BCUT2D eigenvalue weighted by molar-refractivity contribution is 0.0595. The number of aryl methyl sites for hydroxylation is 1. The first kappa shape index (κ1) is 20.2. The van der Waals surface area contributed by atoms with E-state index in [1.165, 1.54) is 19.4 Å². The molecule has 2 heterocycles. The molecule has 27 heavy (non-hydrogen) atoms. The molecule has 0 saturated carbocycles. The van der Waals surface area contributed by atoms with Gasteiger partial charge in [0.25, 0.3) is 5.56 Å². The zero-order valence-electron chi connectivity index (χ0n) is 16.0. The van der Waals surface area contributed by atoms with Crippen LogP contribution in [0.5, 0.6) is 0 Å². The zero-order chi connectivity index (χ0) is 20.2. The number of pyridine rings is 2. The zero-order valence-corrected chi connectivity index (χ0v) is 16.0. The summed E-state index contributed by atoms with van der Waals surface area (Å²) in [6, 6.07) is 4.69. The van der Waals surface area contributed by atoms with E-state index in [1.54, 1.807) is 43.7 Å². The third-order valence-corrected chi connectivity index (χ3v) is 3.56. The van der Waals surface area contributed by atoms with Gasteiger partial charge < -0.3 is 14.0 Å². The molecular formula is C19H23N3O5. The Morgan fingerprint density at radius 3 is 2.52 bits per heavy atom. The van der Waals surface area contributed by atoms with Gasteiger partial charge in [-0.3, -0.25) is 10.1 Å². The Labute approximate surface area is 157 Å². The Morgan fingerprint density at radius 1 is 1.22 bits per heavy atom. The number of carbonyl (C=O) groups excluding carboxylic acids is 2. The maximum Gasteiger partial charge on any atom is 0.412 e. The van der Waals surface area contributed by atoms with Gasteiger partial charge in [0.15, 0.2) is 5.69 Å². The third-order valence-electron chi connectivity index (χ3n) is 3.56. The molecule has 0 aromatic carbocycles. The van der Waals surface area contributed by atoms with Gasteiger partial charge in [0.05, 0.1) is 12.8 Å². The molecule has 144 valence electrons. The average molecular weight is 373 g/mol. The number of amides is 1. The highest BCUT2D eigenvalue weighted by atomic mass is 16.6. The van der Waals surface area contributed by atoms with Crippen LogP contribution in [0.1, 0.15) is 38.2 Å². The van der Waals surface area contributed by atoms with Crippen molar-refractivity contribution in [2.45, 2.75) is 39.8 Å². The quantitative estimate of drug-likeness (QED) is 0.827. The Morgan fingerprint density at radius 2 is 1.93 bits per heavy atom. The molecule has 0 bridgehead atoms. The van der Waals surface area contributed by atoms with E-state index < -0.39 is 17.7 Å². The molecule has 0 spiro atoms. The molecule has 2 rings (SSSR count). The summed E-state index contributed by atoms with van der Waals surface area (Å²) in [5, 5.41) is 2.54. The number of esters is 1. The predicted octanol–water partition coefficient (Wildman–Crippen LogP) is 3.06. The highest BCUT2D eigenvalue weighted by Crippen LogP contribution is 2.24. The fraction of sp³-hybridized carbons (Fsp3) is 0.368. The van der Waals surface area contributed by atoms with Crippen LogP contribution in [0.4, 0.5) is 10.5 Å². The largest absolute Gasteiger partial charge is 0.464 e. The van der Waals surface area contributed by atoms with Crippen molar-refractivity contribution < 1.29 is 19.1 Å². The number of nitrogens with zero attached hydrogens (tertiary/aromatic N) is 2. The molecule has 2 aromatic rings. The Kier molecular flexibility index (Phi) is 5.99. The van der Waals surface area contributed by atoms with E-state index in [-0.39, 0.29) is 16.9 Å². The highest BCUT2D eigenvalue weighted by Gasteiger charge is 2.21. The van der Waals surface area contributed by atoms with Gasteiger partial charge in [-0.2, -0.15) is 0 Å². The van der Waals surface area contributed by atoms with Gasteiger partial charge in [-0.05, 0) is 45.4 Å². The maximum atomic E-state index is 12.1. The van der Waals surface area contributed by atoms with Crippen molar-refractivity contribution in [3.05, 3.63) is 46.6 Å². The molecule has 0 radical (unpaired) electrons. The van der Waals surface area contributed by atoms with Gasteiger partial charge >= 0.3 is 12.1 Å². The summed E-state index contributed by atoms with van der Waals surface area (Å²) in [4.78, 5) is 40.0. The first-order chi connectivity index (χ1) is 12.6. The van der Waals surface area contributed by atoms with Crippen LogP contribution in [-0.4, -0.2) is 34.3 Å². The van der Waals surface area contributed by atoms with E-state index in [2.05, 4.69) is 10.3 Å². The van der Waals surface area contributed by atoms with Crippen molar-refractivity contribution in [3.8, 4) is 11.1 Å². The molecule has 2 aromatic heterocycles. The standard InChI is InChI=1S/C19H23N3O5/c1-6-22-11-12(7-8-15(22)23)13-9-14(16(20-10-13)17(24)26-5)21-18(25)27-19(2,3)4/h7-11H,6H2,1-5H3,(H,21,25). The minimum absolute atomic E-state index is 0.0454. The number of anilines is 1. The van der Waals surface area contributed by atoms with Crippen LogP contribution in [0.2, 0.25) is 0 Å². The molecule has 0 aliphatic carbocycles. The summed E-state index contributed by atoms with van der Waals surface area (Å²) in [5.41, 5.74) is 0.631. The second-order valence-electron chi connectivity index (χ2n) is 6.78. The lowest BCUT2D eigenvalue weighted by Gasteiger charge is -2.20. The van der Waals surface area contributed by atoms with E-state index >= 15 is 0 Å². The number of hydrogen-bond donors (Lipinski definition) is 1. The van der Waals surface area contributed by atoms with Crippen molar-refractivity contribution >= 4 is 17.7 Å². The second kappa shape index (κ2) is 8.03. The number of nitrogens with one attached hydrogen (secondary N) is 1. The molecule has 1 N–H and O–H groups in total. The van der Waals surface area contributed by atoms with Crippen LogP contribution >= 0.6 is 0 Å². The molecule has 0 aliphatic rings. The van der Waals surface area contributed by atoms with Crippen LogP contribution in [0.15, 0.2) is 35.4 Å². The summed E-state index contributed by atoms with van der Waals surface area (Å²) in [6.07, 6.45) is 2.45. The van der Waals surface area contributed by atoms with Crippen LogP contribution in [-0.2, 0) is 16.0 Å². The van der Waals surface area contributed by atoms with Crippen molar-refractivity contribution in [1.29, 1.82) is 0 Å². The fourth-order valence-corrected chi connectivity index (χ4v) is 2.34. The number of carbonyl (C=O) groups is 2. The smallest absolute Gasteiger partial charge is 0.412 e. The molecule has 0 aliphatic heterocycles. The molecule has 0 fully saturated rings. The normalized spacial score (nSPS) is 11.0. The van der Waals surface area contributed by atoms with Gasteiger partial charge in [-0.25, -0.2) is 14.6 Å². The van der Waals surface area contributed by atoms with Gasteiger partial charge in [0.2, 0.25) is 0 Å². The third kappa shape index (κ3) is 5.16. The van der Waals surface area contributed by atoms with Gasteiger partial charge in [-0.1, -0.05) is 0 Å². The van der Waals surface area contributed by atoms with Crippen LogP contribution in [0, 0.1) is 0 Å². The minimum atomic E-state index is -0.717. The molecule has 1 amide bonds. The van der Waals surface area contributed by atoms with Gasteiger partial charge in [-0.15, -0.1) is 0 Å². The molecule has 0 saturated heterocycles. The molecule has 0 atom stereocenters. The number of rotatable bonds is 4. The number of hydrogen-bond acceptors (Lipinski definition) is 6. The summed E-state index contributed by atoms with van der Waals surface area (Å²) in [5.74, 6) is -0.689. The Bertz CT molecular complexity index is 912. The van der Waals surface area contributed by atoms with E-state index in [1.807, 2.05) is 6.92 Å². The van der Waals surface area contributed by atoms with E-state index in [0.29, 0.717) is 17.7 Å². The van der Waals surface area contributed by atoms with Crippen molar-refractivity contribution in [1.82, 2.24) is 9.55 Å². The number of ether oxygens (including phenoxy) is 2. The number of aromatic nitrogens is 2. The molecular weight excluding hydrogens is 350 g/mol. The minimum Gasteiger partial charge on any atom is -0.464 e. The summed E-state index contributed by atoms with van der Waals surface area (Å²) >= 11 is 0. The van der Waals surface area contributed by atoms with Crippen molar-refractivity contribution in [3.63, 3.8) is 0 Å². The number of methoxy groups -OCH3 is 1. The predicted molar refractivity (Wildman–Crippen MR) is 101 cm³/mol. The SMILES string of the molecule is CCn1cc(-c2cnc(C(=O)OC)c(NC(=O)OC(C)(C)C)c2)ccc1=O. The van der Waals surface area contributed by atoms with Crippen molar-refractivity contribution in [2.75, 3.05) is 12.4 Å². The Balaban J connectivity index is 2.46. The topological polar surface area (TPSA) is 99.5 Å². The first-order valence-electron chi connectivity index (χ1n) is 8.44. The van der Waals surface area contributed by atoms with Gasteiger partial charge in [0.1, 0.15) is 5.60 Å². The molecule has 8 nitrogen and oxygen atoms in total. The lowest BCUT2D eigenvalue weighted by atomic mass is 10.1. The van der Waals surface area contributed by atoms with Crippen LogP contribution in [0.25, 0.3) is 11.1 Å². The maximum absolute atomic E-state index is 12.1. The molecule has 0 unspecified atom stereocenters. The lowest BCUT2D eigenvalue weighted by Crippen LogP contribution is -2.28. The van der Waals surface area contributed by atoms with Gasteiger partial charge in [0, 0.05) is 30.6 Å². The summed E-state index contributed by atoms with van der Waals surface area (Å²) in [7, 11) is 1.23. The fourth-order valence-electron chi connectivity index (χ4n) is 2.34. The Hall–Kier alpha value is -3.16. The van der Waals surface area contributed by atoms with Crippen LogP contribution < -0.4 is 10.9 Å². The summed E-state index contributed by atoms with van der Waals surface area (Å²) in [6.45, 7) is 7.58. The van der Waals surface area contributed by atoms with E-state index in [4.69, 9.17) is 9.47 Å². The second-order valence-corrected chi connectivity index (χ2v) is 6.78. The van der Waals surface area contributed by atoms with E-state index in [9.17, 15) is 14.4 Å². The summed E-state index contributed by atoms with van der Waals surface area (Å²) < 4.78 is 11.5. The van der Waals surface area contributed by atoms with Crippen molar-refractivity contribution in [2.24, 2.45) is 0 Å². The highest BCUT2D eigenvalue weighted by molar-refractivity contribution is 5.98.